The fraction of sp³-hybridized carbons (Fsp3) is 0.350. The van der Waals surface area contributed by atoms with Crippen molar-refractivity contribution in [2.45, 2.75) is 12.0 Å². The van der Waals surface area contributed by atoms with Gasteiger partial charge in [0.15, 0.2) is 11.5 Å². The lowest BCUT2D eigenvalue weighted by Gasteiger charge is -2.16. The lowest BCUT2D eigenvalue weighted by Crippen LogP contribution is -2.33. The summed E-state index contributed by atoms with van der Waals surface area (Å²) in [6, 6.07) is 15.6. The second kappa shape index (κ2) is 9.60. The van der Waals surface area contributed by atoms with Crippen LogP contribution >= 0.6 is 12.4 Å². The smallest absolute Gasteiger partial charge is 0.238 e. The summed E-state index contributed by atoms with van der Waals surface area (Å²) >= 11 is 0. The Morgan fingerprint density at radius 3 is 2.48 bits per heavy atom. The average molecular weight is 392 g/mol. The minimum Gasteiger partial charge on any atom is -0.493 e. The second-order valence-corrected chi connectivity index (χ2v) is 6.49. The molecule has 0 bridgehead atoms. The normalized spacial score (nSPS) is 19.2. The fourth-order valence-corrected chi connectivity index (χ4v) is 3.41. The minimum absolute atomic E-state index is 0. The Labute approximate surface area is 166 Å². The number of nitrogens with one attached hydrogen (secondary N) is 1. The van der Waals surface area contributed by atoms with E-state index in [-0.39, 0.29) is 30.3 Å². The Kier molecular flexibility index (Phi) is 7.47. The predicted octanol–water partition coefficient (Wildman–Crippen LogP) is 2.49. The van der Waals surface area contributed by atoms with Crippen LogP contribution in [0.5, 0.6) is 11.5 Å². The first-order valence-electron chi connectivity index (χ1n) is 8.65. The summed E-state index contributed by atoms with van der Waals surface area (Å²) in [6.45, 7) is 1.80. The predicted molar refractivity (Wildman–Crippen MR) is 109 cm³/mol. The highest BCUT2D eigenvalue weighted by atomic mass is 35.5. The zero-order chi connectivity index (χ0) is 18.5. The van der Waals surface area contributed by atoms with Crippen LogP contribution in [0.4, 0.5) is 5.69 Å². The molecule has 2 aromatic carbocycles. The molecule has 27 heavy (non-hydrogen) atoms. The van der Waals surface area contributed by atoms with E-state index in [9.17, 15) is 4.79 Å². The Morgan fingerprint density at radius 1 is 1.11 bits per heavy atom. The number of hydrogen-bond donors (Lipinski definition) is 2. The lowest BCUT2D eigenvalue weighted by molar-refractivity contribution is -0.117. The third-order valence-corrected chi connectivity index (χ3v) is 4.70. The van der Waals surface area contributed by atoms with Crippen molar-refractivity contribution < 1.29 is 14.3 Å². The number of halogens is 1. The molecule has 0 aromatic heterocycles. The van der Waals surface area contributed by atoms with Gasteiger partial charge in [0.2, 0.25) is 5.91 Å². The average Bonchev–Trinajstić information content (AvgIpc) is 3.02. The van der Waals surface area contributed by atoms with Gasteiger partial charge in [0, 0.05) is 36.8 Å². The summed E-state index contributed by atoms with van der Waals surface area (Å²) in [5.41, 5.74) is 8.20. The van der Waals surface area contributed by atoms with Gasteiger partial charge in [0.05, 0.1) is 20.8 Å². The van der Waals surface area contributed by atoms with Gasteiger partial charge in [0.25, 0.3) is 0 Å². The molecule has 0 radical (unpaired) electrons. The standard InChI is InChI=1S/C20H25N3O3.ClH/c1-25-18-9-8-15(10-19(18)26-2)22-20(24)13-23-11-16(17(21)12-23)14-6-4-3-5-7-14;/h3-10,16-17H,11-13,21H2,1-2H3,(H,22,24);1H/t16-,17+;/m0./s1. The summed E-state index contributed by atoms with van der Waals surface area (Å²) in [7, 11) is 3.15. The van der Waals surface area contributed by atoms with Crippen molar-refractivity contribution >= 4 is 24.0 Å². The van der Waals surface area contributed by atoms with Crippen LogP contribution < -0.4 is 20.5 Å². The molecule has 2 atom stereocenters. The highest BCUT2D eigenvalue weighted by molar-refractivity contribution is 5.92. The van der Waals surface area contributed by atoms with Crippen molar-refractivity contribution in [3.63, 3.8) is 0 Å². The van der Waals surface area contributed by atoms with Gasteiger partial charge < -0.3 is 20.5 Å². The van der Waals surface area contributed by atoms with Crippen molar-refractivity contribution in [1.29, 1.82) is 0 Å². The maximum absolute atomic E-state index is 12.4. The number of nitrogens with two attached hydrogens (primary N) is 1. The van der Waals surface area contributed by atoms with Crippen LogP contribution in [0.1, 0.15) is 11.5 Å². The zero-order valence-corrected chi connectivity index (χ0v) is 16.4. The molecular formula is C20H26ClN3O3. The van der Waals surface area contributed by atoms with E-state index in [0.717, 1.165) is 6.54 Å². The van der Waals surface area contributed by atoms with E-state index in [1.807, 2.05) is 18.2 Å². The van der Waals surface area contributed by atoms with E-state index in [1.54, 1.807) is 32.4 Å². The zero-order valence-electron chi connectivity index (χ0n) is 15.6. The summed E-state index contributed by atoms with van der Waals surface area (Å²) in [6.07, 6.45) is 0. The van der Waals surface area contributed by atoms with E-state index in [1.165, 1.54) is 5.56 Å². The summed E-state index contributed by atoms with van der Waals surface area (Å²) in [4.78, 5) is 14.5. The Morgan fingerprint density at radius 2 is 1.81 bits per heavy atom. The van der Waals surface area contributed by atoms with Gasteiger partial charge >= 0.3 is 0 Å². The van der Waals surface area contributed by atoms with E-state index in [4.69, 9.17) is 15.2 Å². The van der Waals surface area contributed by atoms with Gasteiger partial charge in [-0.05, 0) is 17.7 Å². The molecule has 1 fully saturated rings. The van der Waals surface area contributed by atoms with E-state index in [2.05, 4.69) is 22.3 Å². The third-order valence-electron chi connectivity index (χ3n) is 4.70. The van der Waals surface area contributed by atoms with Crippen molar-refractivity contribution in [2.24, 2.45) is 5.73 Å². The van der Waals surface area contributed by atoms with E-state index >= 15 is 0 Å². The molecule has 0 aliphatic carbocycles. The number of anilines is 1. The molecular weight excluding hydrogens is 366 g/mol. The summed E-state index contributed by atoms with van der Waals surface area (Å²) in [5.74, 6) is 1.39. The molecule has 6 nitrogen and oxygen atoms in total. The number of rotatable bonds is 6. The number of methoxy groups -OCH3 is 2. The third kappa shape index (κ3) is 5.13. The largest absolute Gasteiger partial charge is 0.493 e. The minimum atomic E-state index is -0.0712. The van der Waals surface area contributed by atoms with Gasteiger partial charge in [-0.15, -0.1) is 12.4 Å². The van der Waals surface area contributed by atoms with Crippen molar-refractivity contribution in [1.82, 2.24) is 4.90 Å². The van der Waals surface area contributed by atoms with Gasteiger partial charge in [-0.2, -0.15) is 0 Å². The molecule has 0 saturated carbocycles. The summed E-state index contributed by atoms with van der Waals surface area (Å²) in [5, 5.41) is 2.91. The maximum atomic E-state index is 12.4. The first-order valence-corrected chi connectivity index (χ1v) is 8.65. The second-order valence-electron chi connectivity index (χ2n) is 6.49. The van der Waals surface area contributed by atoms with Crippen LogP contribution in [0.2, 0.25) is 0 Å². The lowest BCUT2D eigenvalue weighted by atomic mass is 9.95. The number of carbonyl (C=O) groups is 1. The Balaban J connectivity index is 0.00000261. The molecule has 1 saturated heterocycles. The molecule has 7 heteroatoms. The molecule has 1 aliphatic rings. The number of hydrogen-bond acceptors (Lipinski definition) is 5. The van der Waals surface area contributed by atoms with E-state index < -0.39 is 0 Å². The van der Waals surface area contributed by atoms with Crippen molar-refractivity contribution in [2.75, 3.05) is 39.2 Å². The Bertz CT molecular complexity index is 757. The van der Waals surface area contributed by atoms with Crippen LogP contribution in [0.25, 0.3) is 0 Å². The van der Waals surface area contributed by atoms with Crippen molar-refractivity contribution in [3.05, 3.63) is 54.1 Å². The van der Waals surface area contributed by atoms with Crippen LogP contribution in [-0.4, -0.2) is 50.7 Å². The number of likely N-dealkylation sites (tertiary alicyclic amines) is 1. The maximum Gasteiger partial charge on any atom is 0.238 e. The molecule has 0 unspecified atom stereocenters. The van der Waals surface area contributed by atoms with Crippen LogP contribution in [0.3, 0.4) is 0 Å². The summed E-state index contributed by atoms with van der Waals surface area (Å²) < 4.78 is 10.5. The first kappa shape index (κ1) is 21.0. The van der Waals surface area contributed by atoms with Crippen LogP contribution in [0.15, 0.2) is 48.5 Å². The molecule has 146 valence electrons. The SMILES string of the molecule is COc1ccc(NC(=O)CN2C[C@@H](N)[C@H](c3ccccc3)C2)cc1OC.Cl. The number of carbonyl (C=O) groups excluding carboxylic acids is 1. The van der Waals surface area contributed by atoms with Crippen molar-refractivity contribution in [3.8, 4) is 11.5 Å². The Hall–Kier alpha value is -2.28. The van der Waals surface area contributed by atoms with Gasteiger partial charge in [-0.3, -0.25) is 9.69 Å². The van der Waals surface area contributed by atoms with Gasteiger partial charge in [-0.1, -0.05) is 30.3 Å². The molecule has 1 amide bonds. The number of amides is 1. The molecule has 2 aromatic rings. The quantitative estimate of drug-likeness (QED) is 0.791. The topological polar surface area (TPSA) is 76.8 Å². The van der Waals surface area contributed by atoms with Crippen LogP contribution in [0, 0.1) is 0 Å². The number of benzene rings is 2. The molecule has 3 rings (SSSR count). The van der Waals surface area contributed by atoms with E-state index in [0.29, 0.717) is 30.3 Å². The highest BCUT2D eigenvalue weighted by Gasteiger charge is 2.31. The van der Waals surface area contributed by atoms with Crippen LogP contribution in [-0.2, 0) is 4.79 Å². The molecule has 3 N–H and O–H groups in total. The first-order chi connectivity index (χ1) is 12.6. The molecule has 1 aliphatic heterocycles. The number of ether oxygens (including phenoxy) is 2. The highest BCUT2D eigenvalue weighted by Crippen LogP contribution is 2.30. The molecule has 1 heterocycles. The monoisotopic (exact) mass is 391 g/mol. The fourth-order valence-electron chi connectivity index (χ4n) is 3.41. The number of nitrogens with zero attached hydrogens (tertiary/aromatic N) is 1. The molecule has 0 spiro atoms. The van der Waals surface area contributed by atoms with Gasteiger partial charge in [0.1, 0.15) is 0 Å². The van der Waals surface area contributed by atoms with Gasteiger partial charge in [-0.25, -0.2) is 0 Å².